The molecule has 2 rings (SSSR count). The zero-order chi connectivity index (χ0) is 12.8. The van der Waals surface area contributed by atoms with Gasteiger partial charge in [-0.05, 0) is 57.7 Å². The van der Waals surface area contributed by atoms with Crippen LogP contribution in [-0.2, 0) is 0 Å². The number of thiophene rings is 1. The summed E-state index contributed by atoms with van der Waals surface area (Å²) in [5, 5.41) is 3.74. The zero-order valence-electron chi connectivity index (χ0n) is 11.7. The summed E-state index contributed by atoms with van der Waals surface area (Å²) in [4.78, 5) is 2.91. The third-order valence-electron chi connectivity index (χ3n) is 3.59. The number of hydrogen-bond acceptors (Lipinski definition) is 2. The van der Waals surface area contributed by atoms with E-state index >= 15 is 0 Å². The average molecular weight is 263 g/mol. The largest absolute Gasteiger partial charge is 0.306 e. The van der Waals surface area contributed by atoms with E-state index in [0.717, 1.165) is 6.54 Å². The maximum Gasteiger partial charge on any atom is 0.0630 e. The molecule has 1 aliphatic rings. The molecule has 18 heavy (non-hydrogen) atoms. The predicted octanol–water partition coefficient (Wildman–Crippen LogP) is 4.99. The molecule has 1 aliphatic carbocycles. The summed E-state index contributed by atoms with van der Waals surface area (Å²) in [5.41, 5.74) is 1.63. The summed E-state index contributed by atoms with van der Waals surface area (Å²) in [6, 6.07) is 5.03. The van der Waals surface area contributed by atoms with Crippen LogP contribution in [0, 0.1) is 6.92 Å². The molecular weight excluding hydrogens is 238 g/mol. The van der Waals surface area contributed by atoms with Gasteiger partial charge in [-0.3, -0.25) is 0 Å². The molecule has 0 fully saturated rings. The van der Waals surface area contributed by atoms with Crippen LogP contribution in [0.1, 0.15) is 61.2 Å². The van der Waals surface area contributed by atoms with E-state index in [2.05, 4.69) is 37.4 Å². The number of hydrogen-bond donors (Lipinski definition) is 1. The van der Waals surface area contributed by atoms with E-state index in [1.165, 1.54) is 48.3 Å². The summed E-state index contributed by atoms with van der Waals surface area (Å²) in [7, 11) is 0. The summed E-state index contributed by atoms with van der Waals surface area (Å²) >= 11 is 1.94. The van der Waals surface area contributed by atoms with Gasteiger partial charge >= 0.3 is 0 Å². The van der Waals surface area contributed by atoms with E-state index in [0.29, 0.717) is 6.04 Å². The Labute approximate surface area is 115 Å². The number of allylic oxidation sites excluding steroid dienone is 1. The molecule has 1 atom stereocenters. The molecule has 1 nitrogen and oxygen atoms in total. The normalized spacial score (nSPS) is 18.2. The number of nitrogens with one attached hydrogen (secondary N) is 1. The Bertz CT molecular complexity index is 392. The minimum absolute atomic E-state index is 0.474. The summed E-state index contributed by atoms with van der Waals surface area (Å²) < 4.78 is 0. The van der Waals surface area contributed by atoms with Gasteiger partial charge in [0.05, 0.1) is 6.04 Å². The fourth-order valence-corrected chi connectivity index (χ4v) is 3.61. The van der Waals surface area contributed by atoms with Gasteiger partial charge in [0, 0.05) is 9.75 Å². The predicted molar refractivity (Wildman–Crippen MR) is 81.3 cm³/mol. The van der Waals surface area contributed by atoms with Crippen LogP contribution in [0.3, 0.4) is 0 Å². The quantitative estimate of drug-likeness (QED) is 0.738. The van der Waals surface area contributed by atoms with Gasteiger partial charge in [0.2, 0.25) is 0 Å². The van der Waals surface area contributed by atoms with Crippen molar-refractivity contribution in [1.29, 1.82) is 0 Å². The molecule has 0 aliphatic heterocycles. The van der Waals surface area contributed by atoms with Crippen molar-refractivity contribution in [3.63, 3.8) is 0 Å². The highest BCUT2D eigenvalue weighted by atomic mass is 32.1. The Kier molecular flexibility index (Phi) is 5.45. The van der Waals surface area contributed by atoms with Crippen LogP contribution in [0.2, 0.25) is 0 Å². The van der Waals surface area contributed by atoms with Gasteiger partial charge in [-0.25, -0.2) is 0 Å². The summed E-state index contributed by atoms with van der Waals surface area (Å²) in [6.45, 7) is 5.55. The second-order valence-corrected chi connectivity index (χ2v) is 6.53. The standard InChI is InChI=1S/C16H25NS/c1-3-12-17-16(15-11-10-13(2)18-15)14-8-6-4-5-7-9-14/h8,10-11,16-17H,3-7,9,12H2,1-2H3. The van der Waals surface area contributed by atoms with Crippen LogP contribution in [-0.4, -0.2) is 6.54 Å². The van der Waals surface area contributed by atoms with Crippen LogP contribution < -0.4 is 5.32 Å². The maximum absolute atomic E-state index is 3.74. The van der Waals surface area contributed by atoms with Crippen molar-refractivity contribution in [3.8, 4) is 0 Å². The molecule has 1 aromatic heterocycles. The Morgan fingerprint density at radius 3 is 2.89 bits per heavy atom. The lowest BCUT2D eigenvalue weighted by Crippen LogP contribution is -2.23. The first-order valence-electron chi connectivity index (χ1n) is 7.30. The molecule has 1 unspecified atom stereocenters. The van der Waals surface area contributed by atoms with Crippen molar-refractivity contribution in [2.24, 2.45) is 0 Å². The molecule has 0 radical (unpaired) electrons. The van der Waals surface area contributed by atoms with Gasteiger partial charge in [-0.1, -0.05) is 25.0 Å². The molecular formula is C16H25NS. The van der Waals surface area contributed by atoms with Gasteiger partial charge in [-0.2, -0.15) is 0 Å². The van der Waals surface area contributed by atoms with Crippen molar-refractivity contribution in [3.05, 3.63) is 33.5 Å². The molecule has 0 spiro atoms. The average Bonchev–Trinajstić information content (AvgIpc) is 2.65. The van der Waals surface area contributed by atoms with Crippen LogP contribution in [0.25, 0.3) is 0 Å². The fourth-order valence-electron chi connectivity index (χ4n) is 2.61. The van der Waals surface area contributed by atoms with Gasteiger partial charge in [0.25, 0.3) is 0 Å². The second-order valence-electron chi connectivity index (χ2n) is 5.21. The van der Waals surface area contributed by atoms with Crippen molar-refractivity contribution in [2.45, 2.75) is 58.4 Å². The first-order chi connectivity index (χ1) is 8.81. The summed E-state index contributed by atoms with van der Waals surface area (Å²) in [5.74, 6) is 0. The van der Waals surface area contributed by atoms with Crippen LogP contribution in [0.15, 0.2) is 23.8 Å². The number of aryl methyl sites for hydroxylation is 1. The third kappa shape index (κ3) is 3.69. The van der Waals surface area contributed by atoms with Gasteiger partial charge < -0.3 is 5.32 Å². The van der Waals surface area contributed by atoms with Crippen LogP contribution in [0.5, 0.6) is 0 Å². The van der Waals surface area contributed by atoms with Crippen molar-refractivity contribution >= 4 is 11.3 Å². The van der Waals surface area contributed by atoms with Crippen molar-refractivity contribution < 1.29 is 0 Å². The Hall–Kier alpha value is -0.600. The van der Waals surface area contributed by atoms with Crippen molar-refractivity contribution in [2.75, 3.05) is 6.54 Å². The Balaban J connectivity index is 2.15. The van der Waals surface area contributed by atoms with Crippen LogP contribution >= 0.6 is 11.3 Å². The van der Waals surface area contributed by atoms with E-state index in [1.54, 1.807) is 5.57 Å². The molecule has 0 amide bonds. The second kappa shape index (κ2) is 7.10. The van der Waals surface area contributed by atoms with Gasteiger partial charge in [0.1, 0.15) is 0 Å². The van der Waals surface area contributed by atoms with E-state index in [9.17, 15) is 0 Å². The molecule has 1 N–H and O–H groups in total. The smallest absolute Gasteiger partial charge is 0.0630 e. The first kappa shape index (κ1) is 13.8. The fraction of sp³-hybridized carbons (Fsp3) is 0.625. The SMILES string of the molecule is CCCNC(C1=CCCCCC1)c1ccc(C)s1. The van der Waals surface area contributed by atoms with E-state index < -0.39 is 0 Å². The highest BCUT2D eigenvalue weighted by Gasteiger charge is 2.18. The Morgan fingerprint density at radius 1 is 1.28 bits per heavy atom. The lowest BCUT2D eigenvalue weighted by atomic mass is 10.0. The molecule has 1 aromatic rings. The monoisotopic (exact) mass is 263 g/mol. The zero-order valence-corrected chi connectivity index (χ0v) is 12.5. The van der Waals surface area contributed by atoms with Gasteiger partial charge in [-0.15, -0.1) is 11.3 Å². The highest BCUT2D eigenvalue weighted by Crippen LogP contribution is 2.32. The minimum atomic E-state index is 0.474. The summed E-state index contributed by atoms with van der Waals surface area (Å²) in [6.07, 6.45) is 10.4. The Morgan fingerprint density at radius 2 is 2.17 bits per heavy atom. The van der Waals surface area contributed by atoms with Gasteiger partial charge in [0.15, 0.2) is 0 Å². The van der Waals surface area contributed by atoms with E-state index in [4.69, 9.17) is 0 Å². The first-order valence-corrected chi connectivity index (χ1v) is 8.11. The molecule has 0 aromatic carbocycles. The topological polar surface area (TPSA) is 12.0 Å². The van der Waals surface area contributed by atoms with E-state index in [1.807, 2.05) is 11.3 Å². The number of rotatable bonds is 5. The van der Waals surface area contributed by atoms with Crippen molar-refractivity contribution in [1.82, 2.24) is 5.32 Å². The van der Waals surface area contributed by atoms with Crippen LogP contribution in [0.4, 0.5) is 0 Å². The maximum atomic E-state index is 3.74. The third-order valence-corrected chi connectivity index (χ3v) is 4.66. The lowest BCUT2D eigenvalue weighted by molar-refractivity contribution is 0.573. The molecule has 1 heterocycles. The molecule has 0 bridgehead atoms. The molecule has 2 heteroatoms. The molecule has 100 valence electrons. The van der Waals surface area contributed by atoms with E-state index in [-0.39, 0.29) is 0 Å². The lowest BCUT2D eigenvalue weighted by Gasteiger charge is -2.20. The minimum Gasteiger partial charge on any atom is -0.306 e. The highest BCUT2D eigenvalue weighted by molar-refractivity contribution is 7.12. The molecule has 0 saturated carbocycles. The molecule has 0 saturated heterocycles.